The molecule has 0 aliphatic carbocycles. The molecular weight excluding hydrogens is 210 g/mol. The Labute approximate surface area is 105 Å². The molecule has 0 aliphatic rings. The lowest BCUT2D eigenvalue weighted by Crippen LogP contribution is -2.40. The van der Waals surface area contributed by atoms with Gasteiger partial charge >= 0.3 is 0 Å². The van der Waals surface area contributed by atoms with Crippen LogP contribution >= 0.6 is 0 Å². The molecule has 0 aliphatic heterocycles. The van der Waals surface area contributed by atoms with E-state index in [1.54, 1.807) is 7.11 Å². The van der Waals surface area contributed by atoms with Gasteiger partial charge in [-0.1, -0.05) is 19.1 Å². The van der Waals surface area contributed by atoms with E-state index in [2.05, 4.69) is 46.8 Å². The summed E-state index contributed by atoms with van der Waals surface area (Å²) in [4.78, 5) is 0. The van der Waals surface area contributed by atoms with Gasteiger partial charge in [-0.3, -0.25) is 0 Å². The van der Waals surface area contributed by atoms with Gasteiger partial charge in [-0.15, -0.1) is 0 Å². The molecule has 2 unspecified atom stereocenters. The molecule has 1 rings (SSSR count). The predicted octanol–water partition coefficient (Wildman–Crippen LogP) is 3.43. The van der Waals surface area contributed by atoms with Crippen LogP contribution in [-0.4, -0.2) is 12.7 Å². The van der Waals surface area contributed by atoms with Crippen molar-refractivity contribution in [3.63, 3.8) is 0 Å². The second-order valence-corrected chi connectivity index (χ2v) is 5.14. The van der Waals surface area contributed by atoms with Crippen LogP contribution in [0.2, 0.25) is 0 Å². The van der Waals surface area contributed by atoms with Crippen LogP contribution in [0, 0.1) is 20.8 Å². The first kappa shape index (κ1) is 14.2. The van der Waals surface area contributed by atoms with E-state index in [1.807, 2.05) is 0 Å². The number of methoxy groups -OCH3 is 1. The highest BCUT2D eigenvalue weighted by atomic mass is 16.5. The zero-order valence-corrected chi connectivity index (χ0v) is 11.9. The van der Waals surface area contributed by atoms with E-state index in [0.717, 1.165) is 6.42 Å². The van der Waals surface area contributed by atoms with Crippen LogP contribution in [0.4, 0.5) is 0 Å². The first-order chi connectivity index (χ1) is 7.85. The summed E-state index contributed by atoms with van der Waals surface area (Å²) >= 11 is 0. The van der Waals surface area contributed by atoms with E-state index in [9.17, 15) is 0 Å². The predicted molar refractivity (Wildman–Crippen MR) is 73.3 cm³/mol. The van der Waals surface area contributed by atoms with Crippen molar-refractivity contribution in [1.82, 2.24) is 0 Å². The molecule has 2 heteroatoms. The summed E-state index contributed by atoms with van der Waals surface area (Å²) < 4.78 is 5.60. The van der Waals surface area contributed by atoms with Gasteiger partial charge in [0, 0.05) is 7.11 Å². The second kappa shape index (κ2) is 5.19. The third kappa shape index (κ3) is 2.70. The fraction of sp³-hybridized carbons (Fsp3) is 0.600. The monoisotopic (exact) mass is 235 g/mol. The number of hydrogen-bond donors (Lipinski definition) is 1. The lowest BCUT2D eigenvalue weighted by Gasteiger charge is -2.34. The fourth-order valence-corrected chi connectivity index (χ4v) is 2.14. The third-order valence-electron chi connectivity index (χ3n) is 4.04. The normalized spacial score (nSPS) is 16.6. The summed E-state index contributed by atoms with van der Waals surface area (Å²) in [6.07, 6.45) is 0.900. The van der Waals surface area contributed by atoms with Crippen molar-refractivity contribution in [3.05, 3.63) is 34.4 Å². The van der Waals surface area contributed by atoms with Crippen LogP contribution in [0.5, 0.6) is 0 Å². The van der Waals surface area contributed by atoms with Crippen LogP contribution in [0.3, 0.4) is 0 Å². The Bertz CT molecular complexity index is 394. The minimum atomic E-state index is -0.299. The van der Waals surface area contributed by atoms with E-state index >= 15 is 0 Å². The average Bonchev–Trinajstić information content (AvgIpc) is 2.32. The number of aryl methyl sites for hydroxylation is 3. The highest BCUT2D eigenvalue weighted by Gasteiger charge is 2.31. The Morgan fingerprint density at radius 3 is 2.18 bits per heavy atom. The highest BCUT2D eigenvalue weighted by Crippen LogP contribution is 2.32. The average molecular weight is 235 g/mol. The van der Waals surface area contributed by atoms with Crippen LogP contribution < -0.4 is 5.73 Å². The Hall–Kier alpha value is -0.860. The lowest BCUT2D eigenvalue weighted by molar-refractivity contribution is -0.0196. The maximum Gasteiger partial charge on any atom is 0.0839 e. The van der Waals surface area contributed by atoms with Crippen LogP contribution in [-0.2, 0) is 4.74 Å². The van der Waals surface area contributed by atoms with Gasteiger partial charge in [0.15, 0.2) is 0 Å². The van der Waals surface area contributed by atoms with E-state index < -0.39 is 0 Å². The van der Waals surface area contributed by atoms with E-state index in [-0.39, 0.29) is 11.6 Å². The molecular formula is C15H25NO. The first-order valence-corrected chi connectivity index (χ1v) is 6.24. The van der Waals surface area contributed by atoms with Crippen molar-refractivity contribution in [2.75, 3.05) is 7.11 Å². The molecule has 0 amide bonds. The lowest BCUT2D eigenvalue weighted by atomic mass is 9.85. The minimum Gasteiger partial charge on any atom is -0.377 e. The molecule has 0 fully saturated rings. The van der Waals surface area contributed by atoms with Crippen molar-refractivity contribution < 1.29 is 4.74 Å². The van der Waals surface area contributed by atoms with Gasteiger partial charge in [-0.05, 0) is 56.4 Å². The van der Waals surface area contributed by atoms with Gasteiger partial charge in [0.2, 0.25) is 0 Å². The molecule has 1 aromatic carbocycles. The SMILES string of the molecule is CCC(C)(OC)C(N)c1cc(C)c(C)cc1C. The number of benzene rings is 1. The molecule has 0 bridgehead atoms. The number of ether oxygens (including phenoxy) is 1. The van der Waals surface area contributed by atoms with Crippen LogP contribution in [0.25, 0.3) is 0 Å². The van der Waals surface area contributed by atoms with Crippen molar-refractivity contribution in [1.29, 1.82) is 0 Å². The summed E-state index contributed by atoms with van der Waals surface area (Å²) in [5, 5.41) is 0. The summed E-state index contributed by atoms with van der Waals surface area (Å²) in [7, 11) is 1.74. The summed E-state index contributed by atoms with van der Waals surface area (Å²) in [6, 6.07) is 4.32. The van der Waals surface area contributed by atoms with E-state index in [0.29, 0.717) is 0 Å². The maximum absolute atomic E-state index is 6.39. The molecule has 1 aromatic rings. The summed E-state index contributed by atoms with van der Waals surface area (Å²) in [5.74, 6) is 0. The maximum atomic E-state index is 6.39. The molecule has 2 nitrogen and oxygen atoms in total. The Morgan fingerprint density at radius 2 is 1.71 bits per heavy atom. The van der Waals surface area contributed by atoms with Crippen molar-refractivity contribution in [2.45, 2.75) is 52.7 Å². The van der Waals surface area contributed by atoms with Crippen molar-refractivity contribution in [3.8, 4) is 0 Å². The van der Waals surface area contributed by atoms with Crippen LogP contribution in [0.1, 0.15) is 48.6 Å². The topological polar surface area (TPSA) is 35.2 Å². The second-order valence-electron chi connectivity index (χ2n) is 5.14. The molecule has 0 radical (unpaired) electrons. The number of nitrogens with two attached hydrogens (primary N) is 1. The largest absolute Gasteiger partial charge is 0.377 e. The molecule has 0 saturated carbocycles. The molecule has 2 atom stereocenters. The molecule has 0 heterocycles. The molecule has 0 spiro atoms. The Balaban J connectivity index is 3.20. The highest BCUT2D eigenvalue weighted by molar-refractivity contribution is 5.39. The van der Waals surface area contributed by atoms with Gasteiger partial charge < -0.3 is 10.5 Å². The van der Waals surface area contributed by atoms with Gasteiger partial charge in [0.25, 0.3) is 0 Å². The molecule has 0 saturated heterocycles. The number of hydrogen-bond acceptors (Lipinski definition) is 2. The Kier molecular flexibility index (Phi) is 4.34. The van der Waals surface area contributed by atoms with Gasteiger partial charge in [-0.2, -0.15) is 0 Å². The smallest absolute Gasteiger partial charge is 0.0839 e. The first-order valence-electron chi connectivity index (χ1n) is 6.24. The molecule has 17 heavy (non-hydrogen) atoms. The van der Waals surface area contributed by atoms with Crippen molar-refractivity contribution in [2.24, 2.45) is 5.73 Å². The van der Waals surface area contributed by atoms with Crippen molar-refractivity contribution >= 4 is 0 Å². The summed E-state index contributed by atoms with van der Waals surface area (Å²) in [6.45, 7) is 10.6. The fourth-order valence-electron chi connectivity index (χ4n) is 2.14. The van der Waals surface area contributed by atoms with Crippen LogP contribution in [0.15, 0.2) is 12.1 Å². The zero-order valence-electron chi connectivity index (χ0n) is 11.9. The standard InChI is InChI=1S/C15H25NO/c1-7-15(5,17-6)14(16)13-9-11(3)10(2)8-12(13)4/h8-9,14H,7,16H2,1-6H3. The molecule has 2 N–H and O–H groups in total. The third-order valence-corrected chi connectivity index (χ3v) is 4.04. The van der Waals surface area contributed by atoms with Gasteiger partial charge in [0.05, 0.1) is 11.6 Å². The molecule has 0 aromatic heterocycles. The molecule has 96 valence electrons. The Morgan fingerprint density at radius 1 is 1.18 bits per heavy atom. The zero-order chi connectivity index (χ0) is 13.2. The quantitative estimate of drug-likeness (QED) is 0.867. The number of rotatable bonds is 4. The van der Waals surface area contributed by atoms with E-state index in [4.69, 9.17) is 10.5 Å². The van der Waals surface area contributed by atoms with E-state index in [1.165, 1.54) is 22.3 Å². The van der Waals surface area contributed by atoms with Gasteiger partial charge in [0.1, 0.15) is 0 Å². The summed E-state index contributed by atoms with van der Waals surface area (Å²) in [5.41, 5.74) is 11.1. The van der Waals surface area contributed by atoms with Gasteiger partial charge in [-0.25, -0.2) is 0 Å². The minimum absolute atomic E-state index is 0.0863.